The minimum atomic E-state index is -0.0601. The van der Waals surface area contributed by atoms with E-state index in [0.717, 1.165) is 17.0 Å². The number of ether oxygens (including phenoxy) is 1. The number of Topliss-reactive ketones (excluding diaryl/α,β-unsaturated/α-hetero) is 1. The second-order valence-electron chi connectivity index (χ2n) is 6.72. The number of thiazole rings is 1. The standard InChI is InChI=1S/C22H21N3O3S/c1-3-28-19-9-7-16(8-10-19)11-20-21(27)25-14-24(13-23-22(25)29-20)18-6-4-5-17(12-18)15(2)26/h4-12H,3,13-14H2,1-2H3. The van der Waals surface area contributed by atoms with Gasteiger partial charge in [0.15, 0.2) is 10.6 Å². The van der Waals surface area contributed by atoms with Crippen molar-refractivity contribution in [3.05, 3.63) is 79.3 Å². The fourth-order valence-corrected chi connectivity index (χ4v) is 4.14. The first-order valence-corrected chi connectivity index (χ1v) is 10.2. The molecular formula is C22H21N3O3S. The summed E-state index contributed by atoms with van der Waals surface area (Å²) < 4.78 is 7.78. The third-order valence-electron chi connectivity index (χ3n) is 4.68. The zero-order chi connectivity index (χ0) is 20.4. The van der Waals surface area contributed by atoms with Crippen LogP contribution in [-0.2, 0) is 6.67 Å². The highest BCUT2D eigenvalue weighted by Crippen LogP contribution is 2.18. The first-order valence-electron chi connectivity index (χ1n) is 9.40. The van der Waals surface area contributed by atoms with E-state index in [9.17, 15) is 9.59 Å². The molecule has 29 heavy (non-hydrogen) atoms. The van der Waals surface area contributed by atoms with Gasteiger partial charge in [-0.2, -0.15) is 0 Å². The molecule has 2 heterocycles. The maximum atomic E-state index is 12.9. The summed E-state index contributed by atoms with van der Waals surface area (Å²) in [7, 11) is 0. The number of nitrogens with zero attached hydrogens (tertiary/aromatic N) is 3. The predicted molar refractivity (Wildman–Crippen MR) is 114 cm³/mol. The molecule has 0 bridgehead atoms. The highest BCUT2D eigenvalue weighted by atomic mass is 32.1. The molecule has 148 valence electrons. The molecule has 0 fully saturated rings. The van der Waals surface area contributed by atoms with E-state index < -0.39 is 0 Å². The van der Waals surface area contributed by atoms with Gasteiger partial charge < -0.3 is 9.64 Å². The molecule has 2 aromatic carbocycles. The van der Waals surface area contributed by atoms with Gasteiger partial charge in [-0.05, 0) is 49.8 Å². The number of aromatic nitrogens is 1. The topological polar surface area (TPSA) is 63.9 Å². The first-order chi connectivity index (χ1) is 14.0. The van der Waals surface area contributed by atoms with Crippen LogP contribution in [0.1, 0.15) is 29.8 Å². The van der Waals surface area contributed by atoms with Crippen molar-refractivity contribution >= 4 is 28.9 Å². The minimum Gasteiger partial charge on any atom is -0.494 e. The molecule has 0 saturated heterocycles. The second-order valence-corrected chi connectivity index (χ2v) is 7.72. The van der Waals surface area contributed by atoms with E-state index in [1.165, 1.54) is 11.3 Å². The molecule has 7 heteroatoms. The highest BCUT2D eigenvalue weighted by molar-refractivity contribution is 7.07. The van der Waals surface area contributed by atoms with E-state index in [2.05, 4.69) is 4.99 Å². The Labute approximate surface area is 172 Å². The summed E-state index contributed by atoms with van der Waals surface area (Å²) in [6.07, 6.45) is 1.88. The van der Waals surface area contributed by atoms with Gasteiger partial charge in [-0.25, -0.2) is 4.99 Å². The third kappa shape index (κ3) is 4.00. The molecule has 3 aromatic rings. The SMILES string of the molecule is CCOc1ccc(C=c2sc3n(c2=O)CN(c2cccc(C(C)=O)c2)CN=3)cc1. The summed E-state index contributed by atoms with van der Waals surface area (Å²) in [5.74, 6) is 0.826. The van der Waals surface area contributed by atoms with Crippen LogP contribution in [0.4, 0.5) is 5.69 Å². The van der Waals surface area contributed by atoms with Crippen molar-refractivity contribution in [1.29, 1.82) is 0 Å². The number of ketones is 1. The lowest BCUT2D eigenvalue weighted by atomic mass is 10.1. The predicted octanol–water partition coefficient (Wildman–Crippen LogP) is 2.39. The van der Waals surface area contributed by atoms with Gasteiger partial charge >= 0.3 is 0 Å². The highest BCUT2D eigenvalue weighted by Gasteiger charge is 2.16. The Hall–Kier alpha value is -3.19. The zero-order valence-electron chi connectivity index (χ0n) is 16.3. The van der Waals surface area contributed by atoms with Crippen LogP contribution in [0.5, 0.6) is 5.75 Å². The van der Waals surface area contributed by atoms with E-state index in [4.69, 9.17) is 4.74 Å². The van der Waals surface area contributed by atoms with Crippen molar-refractivity contribution in [2.45, 2.75) is 20.5 Å². The van der Waals surface area contributed by atoms with E-state index in [1.807, 2.05) is 60.4 Å². The summed E-state index contributed by atoms with van der Waals surface area (Å²) in [6.45, 7) is 4.97. The summed E-state index contributed by atoms with van der Waals surface area (Å²) in [6, 6.07) is 15.1. The molecule has 1 aliphatic heterocycles. The lowest BCUT2D eigenvalue weighted by Gasteiger charge is -2.25. The molecule has 0 amide bonds. The number of hydrogen-bond donors (Lipinski definition) is 0. The molecule has 6 nitrogen and oxygen atoms in total. The monoisotopic (exact) mass is 407 g/mol. The average molecular weight is 407 g/mol. The summed E-state index contributed by atoms with van der Waals surface area (Å²) in [4.78, 5) is 31.8. The number of benzene rings is 2. The smallest absolute Gasteiger partial charge is 0.271 e. The minimum absolute atomic E-state index is 0.0152. The van der Waals surface area contributed by atoms with Crippen molar-refractivity contribution in [2.24, 2.45) is 4.99 Å². The number of hydrogen-bond acceptors (Lipinski definition) is 6. The molecule has 0 N–H and O–H groups in total. The van der Waals surface area contributed by atoms with Crippen molar-refractivity contribution in [2.75, 3.05) is 18.2 Å². The van der Waals surface area contributed by atoms with Gasteiger partial charge in [-0.3, -0.25) is 14.2 Å². The van der Waals surface area contributed by atoms with Gasteiger partial charge in [0, 0.05) is 11.3 Å². The average Bonchev–Trinajstić information content (AvgIpc) is 3.04. The number of rotatable bonds is 5. The fraction of sp³-hybridized carbons (Fsp3) is 0.227. The number of anilines is 1. The van der Waals surface area contributed by atoms with Crippen molar-refractivity contribution in [3.8, 4) is 5.75 Å². The molecule has 1 aliphatic rings. The molecule has 0 spiro atoms. The van der Waals surface area contributed by atoms with Gasteiger partial charge in [0.2, 0.25) is 0 Å². The van der Waals surface area contributed by atoms with Crippen molar-refractivity contribution < 1.29 is 9.53 Å². The van der Waals surface area contributed by atoms with Crippen LogP contribution < -0.4 is 24.5 Å². The Kier molecular flexibility index (Phi) is 5.31. The molecule has 0 atom stereocenters. The van der Waals surface area contributed by atoms with E-state index in [1.54, 1.807) is 17.6 Å². The molecule has 0 radical (unpaired) electrons. The van der Waals surface area contributed by atoms with Crippen molar-refractivity contribution in [1.82, 2.24) is 4.57 Å². The normalized spacial score (nSPS) is 13.7. The third-order valence-corrected chi connectivity index (χ3v) is 5.73. The van der Waals surface area contributed by atoms with Gasteiger partial charge in [-0.1, -0.05) is 35.6 Å². The van der Waals surface area contributed by atoms with Gasteiger partial charge in [-0.15, -0.1) is 0 Å². The second kappa shape index (κ2) is 8.05. The Morgan fingerprint density at radius 1 is 1.24 bits per heavy atom. The van der Waals surface area contributed by atoms with Gasteiger partial charge in [0.05, 0.1) is 11.1 Å². The maximum absolute atomic E-state index is 12.9. The zero-order valence-corrected chi connectivity index (χ0v) is 17.1. The van der Waals surface area contributed by atoms with E-state index in [-0.39, 0.29) is 11.3 Å². The molecular weight excluding hydrogens is 386 g/mol. The molecule has 4 rings (SSSR count). The Bertz CT molecular complexity index is 1230. The van der Waals surface area contributed by atoms with E-state index in [0.29, 0.717) is 34.8 Å². The molecule has 0 saturated carbocycles. The number of fused-ring (bicyclic) bond motifs is 1. The lowest BCUT2D eigenvalue weighted by molar-refractivity contribution is 0.101. The van der Waals surface area contributed by atoms with Crippen LogP contribution in [-0.4, -0.2) is 23.6 Å². The molecule has 1 aromatic heterocycles. The Morgan fingerprint density at radius 2 is 2.03 bits per heavy atom. The summed E-state index contributed by atoms with van der Waals surface area (Å²) in [5.41, 5.74) is 2.41. The van der Waals surface area contributed by atoms with Crippen LogP contribution in [0, 0.1) is 0 Å². The fourth-order valence-electron chi connectivity index (χ4n) is 3.18. The van der Waals surface area contributed by atoms with Crippen LogP contribution in [0.2, 0.25) is 0 Å². The quantitative estimate of drug-likeness (QED) is 0.610. The van der Waals surface area contributed by atoms with Gasteiger partial charge in [0.1, 0.15) is 19.1 Å². The van der Waals surface area contributed by atoms with Crippen LogP contribution in [0.25, 0.3) is 6.08 Å². The molecule has 0 aliphatic carbocycles. The Balaban J connectivity index is 1.64. The lowest BCUT2D eigenvalue weighted by Crippen LogP contribution is -2.42. The number of carbonyl (C=O) groups is 1. The number of carbonyl (C=O) groups excluding carboxylic acids is 1. The van der Waals surface area contributed by atoms with Crippen LogP contribution in [0.3, 0.4) is 0 Å². The first kappa shape index (κ1) is 19.1. The van der Waals surface area contributed by atoms with Crippen molar-refractivity contribution in [3.63, 3.8) is 0 Å². The maximum Gasteiger partial charge on any atom is 0.271 e. The Morgan fingerprint density at radius 3 is 2.76 bits per heavy atom. The van der Waals surface area contributed by atoms with Crippen LogP contribution in [0.15, 0.2) is 58.3 Å². The van der Waals surface area contributed by atoms with E-state index >= 15 is 0 Å². The summed E-state index contributed by atoms with van der Waals surface area (Å²) in [5, 5.41) is 0. The van der Waals surface area contributed by atoms with Gasteiger partial charge in [0.25, 0.3) is 5.56 Å². The van der Waals surface area contributed by atoms with Crippen LogP contribution >= 0.6 is 11.3 Å². The largest absolute Gasteiger partial charge is 0.494 e. The summed E-state index contributed by atoms with van der Waals surface area (Å²) >= 11 is 1.39. The molecule has 0 unspecified atom stereocenters.